The fraction of sp³-hybridized carbons (Fsp3) is 0.286. The molecule has 0 bridgehead atoms. The highest BCUT2D eigenvalue weighted by molar-refractivity contribution is 5.82. The molecule has 1 unspecified atom stereocenters. The van der Waals surface area contributed by atoms with Gasteiger partial charge in [-0.1, -0.05) is 30.3 Å². The molecular formula is C14H13NO3. The third-order valence-electron chi connectivity index (χ3n) is 2.37. The summed E-state index contributed by atoms with van der Waals surface area (Å²) in [5.41, 5.74) is 0.947. The Labute approximate surface area is 105 Å². The summed E-state index contributed by atoms with van der Waals surface area (Å²) in [5, 5.41) is 8.95. The van der Waals surface area contributed by atoms with Gasteiger partial charge < -0.3 is 4.74 Å². The number of carbonyl (C=O) groups excluding carboxylic acids is 2. The van der Waals surface area contributed by atoms with Crippen molar-refractivity contribution in [2.24, 2.45) is 5.92 Å². The quantitative estimate of drug-likeness (QED) is 0.583. The number of nitriles is 1. The summed E-state index contributed by atoms with van der Waals surface area (Å²) in [6.07, 6.45) is 0.224. The van der Waals surface area contributed by atoms with Gasteiger partial charge in [-0.05, 0) is 12.5 Å². The molecule has 0 fully saturated rings. The lowest BCUT2D eigenvalue weighted by molar-refractivity contribution is -0.144. The van der Waals surface area contributed by atoms with Gasteiger partial charge in [0.25, 0.3) is 0 Å². The normalized spacial score (nSPS) is 10.9. The predicted molar refractivity (Wildman–Crippen MR) is 65.1 cm³/mol. The summed E-state index contributed by atoms with van der Waals surface area (Å²) in [7, 11) is 0. The van der Waals surface area contributed by atoms with Crippen LogP contribution < -0.4 is 0 Å². The Kier molecular flexibility index (Phi) is 5.37. The lowest BCUT2D eigenvalue weighted by atomic mass is 9.95. The van der Waals surface area contributed by atoms with E-state index in [0.717, 1.165) is 5.56 Å². The highest BCUT2D eigenvalue weighted by atomic mass is 16.5. The predicted octanol–water partition coefficient (Wildman–Crippen LogP) is 1.69. The first-order valence-corrected chi connectivity index (χ1v) is 5.57. The zero-order valence-corrected chi connectivity index (χ0v) is 10.1. The molecule has 0 aliphatic rings. The van der Waals surface area contributed by atoms with Gasteiger partial charge in [0.2, 0.25) is 0 Å². The minimum atomic E-state index is -1.18. The highest BCUT2D eigenvalue weighted by Gasteiger charge is 2.25. The van der Waals surface area contributed by atoms with Crippen molar-refractivity contribution in [1.29, 1.82) is 5.26 Å². The van der Waals surface area contributed by atoms with Crippen molar-refractivity contribution in [1.82, 2.24) is 0 Å². The standard InChI is InChI=1S/C14H13NO3/c1-2-18-14(17)13(9-15)12(10-16)8-11-6-4-3-5-7-11/h3-7,13H,2,8H2,1H3. The molecule has 0 N–H and O–H groups in total. The van der Waals surface area contributed by atoms with Crippen LogP contribution in [-0.2, 0) is 20.7 Å². The molecule has 0 saturated carbocycles. The van der Waals surface area contributed by atoms with Gasteiger partial charge in [-0.3, -0.25) is 4.79 Å². The van der Waals surface area contributed by atoms with Gasteiger partial charge in [0, 0.05) is 12.0 Å². The van der Waals surface area contributed by atoms with Gasteiger partial charge in [-0.25, -0.2) is 4.79 Å². The molecule has 1 aromatic rings. The molecule has 0 aliphatic heterocycles. The van der Waals surface area contributed by atoms with E-state index in [0.29, 0.717) is 0 Å². The van der Waals surface area contributed by atoms with Crippen molar-refractivity contribution in [3.8, 4) is 6.07 Å². The van der Waals surface area contributed by atoms with E-state index in [9.17, 15) is 9.59 Å². The average molecular weight is 243 g/mol. The Morgan fingerprint density at radius 2 is 2.06 bits per heavy atom. The maximum atomic E-state index is 11.5. The van der Waals surface area contributed by atoms with Crippen LogP contribution in [0.5, 0.6) is 0 Å². The van der Waals surface area contributed by atoms with Crippen LogP contribution in [0.1, 0.15) is 12.5 Å². The van der Waals surface area contributed by atoms with E-state index in [1.807, 2.05) is 30.3 Å². The van der Waals surface area contributed by atoms with Gasteiger partial charge in [0.05, 0.1) is 12.7 Å². The Bertz CT molecular complexity index is 496. The van der Waals surface area contributed by atoms with Gasteiger partial charge in [0.15, 0.2) is 5.92 Å². The molecule has 1 atom stereocenters. The zero-order chi connectivity index (χ0) is 13.4. The number of rotatable bonds is 5. The Morgan fingerprint density at radius 1 is 1.39 bits per heavy atom. The molecule has 1 aromatic carbocycles. The number of ether oxygens (including phenoxy) is 1. The number of nitrogens with zero attached hydrogens (tertiary/aromatic N) is 1. The van der Waals surface area contributed by atoms with Crippen molar-refractivity contribution in [2.75, 3.05) is 6.61 Å². The number of hydrogen-bond acceptors (Lipinski definition) is 4. The molecule has 4 nitrogen and oxygen atoms in total. The molecule has 4 heteroatoms. The fourth-order valence-electron chi connectivity index (χ4n) is 1.51. The average Bonchev–Trinajstić information content (AvgIpc) is 2.40. The van der Waals surface area contributed by atoms with E-state index in [1.165, 1.54) is 0 Å². The lowest BCUT2D eigenvalue weighted by Crippen LogP contribution is -2.20. The first-order valence-electron chi connectivity index (χ1n) is 5.57. The van der Waals surface area contributed by atoms with E-state index >= 15 is 0 Å². The van der Waals surface area contributed by atoms with Gasteiger partial charge in [0.1, 0.15) is 5.94 Å². The first-order chi connectivity index (χ1) is 8.72. The zero-order valence-electron chi connectivity index (χ0n) is 10.1. The van der Waals surface area contributed by atoms with E-state index < -0.39 is 11.9 Å². The van der Waals surface area contributed by atoms with Crippen LogP contribution in [0.15, 0.2) is 35.9 Å². The molecule has 92 valence electrons. The van der Waals surface area contributed by atoms with Gasteiger partial charge in [-0.2, -0.15) is 5.26 Å². The van der Waals surface area contributed by atoms with Crippen molar-refractivity contribution < 1.29 is 14.3 Å². The Morgan fingerprint density at radius 3 is 2.56 bits per heavy atom. The monoisotopic (exact) mass is 243 g/mol. The smallest absolute Gasteiger partial charge is 0.328 e. The molecule has 0 aromatic heterocycles. The molecule has 0 saturated heterocycles. The molecule has 0 spiro atoms. The number of esters is 1. The lowest BCUT2D eigenvalue weighted by Gasteiger charge is -2.09. The highest BCUT2D eigenvalue weighted by Crippen LogP contribution is 2.15. The topological polar surface area (TPSA) is 67.2 Å². The minimum absolute atomic E-state index is 0.0992. The minimum Gasteiger partial charge on any atom is -0.465 e. The third kappa shape index (κ3) is 3.58. The second kappa shape index (κ2) is 7.05. The largest absolute Gasteiger partial charge is 0.465 e. The molecule has 18 heavy (non-hydrogen) atoms. The molecule has 0 amide bonds. The van der Waals surface area contributed by atoms with E-state index in [2.05, 4.69) is 0 Å². The Hall–Kier alpha value is -2.37. The summed E-state index contributed by atoms with van der Waals surface area (Å²) in [4.78, 5) is 22.4. The SMILES string of the molecule is CCOC(=O)C(C#N)C(=C=O)Cc1ccccc1. The summed E-state index contributed by atoms with van der Waals surface area (Å²) >= 11 is 0. The van der Waals surface area contributed by atoms with E-state index in [4.69, 9.17) is 10.00 Å². The van der Waals surface area contributed by atoms with Crippen molar-refractivity contribution in [3.05, 3.63) is 41.5 Å². The summed E-state index contributed by atoms with van der Waals surface area (Å²) in [5.74, 6) is -0.194. The van der Waals surface area contributed by atoms with Crippen LogP contribution in [-0.4, -0.2) is 18.5 Å². The number of hydrogen-bond donors (Lipinski definition) is 0. The molecular weight excluding hydrogens is 230 g/mol. The summed E-state index contributed by atoms with van der Waals surface area (Å²) < 4.78 is 4.75. The summed E-state index contributed by atoms with van der Waals surface area (Å²) in [6, 6.07) is 10.9. The van der Waals surface area contributed by atoms with Gasteiger partial charge >= 0.3 is 5.97 Å². The van der Waals surface area contributed by atoms with E-state index in [1.54, 1.807) is 18.9 Å². The van der Waals surface area contributed by atoms with Crippen molar-refractivity contribution in [2.45, 2.75) is 13.3 Å². The fourth-order valence-corrected chi connectivity index (χ4v) is 1.51. The number of benzene rings is 1. The van der Waals surface area contributed by atoms with Crippen LogP contribution in [0, 0.1) is 17.2 Å². The third-order valence-corrected chi connectivity index (χ3v) is 2.37. The molecule has 0 aliphatic carbocycles. The van der Waals surface area contributed by atoms with E-state index in [-0.39, 0.29) is 18.6 Å². The second-order valence-corrected chi connectivity index (χ2v) is 3.60. The second-order valence-electron chi connectivity index (χ2n) is 3.60. The van der Waals surface area contributed by atoms with Crippen molar-refractivity contribution >= 4 is 11.9 Å². The van der Waals surface area contributed by atoms with Crippen LogP contribution in [0.2, 0.25) is 0 Å². The molecule has 0 radical (unpaired) electrons. The first kappa shape index (κ1) is 13.7. The maximum Gasteiger partial charge on any atom is 0.328 e. The van der Waals surface area contributed by atoms with Crippen molar-refractivity contribution in [3.63, 3.8) is 0 Å². The Balaban J connectivity index is 2.87. The number of carbonyl (C=O) groups is 1. The van der Waals surface area contributed by atoms with Crippen LogP contribution in [0.4, 0.5) is 0 Å². The maximum absolute atomic E-state index is 11.5. The molecule has 0 heterocycles. The van der Waals surface area contributed by atoms with Gasteiger partial charge in [-0.15, -0.1) is 0 Å². The summed E-state index contributed by atoms with van der Waals surface area (Å²) in [6.45, 7) is 1.82. The van der Waals surface area contributed by atoms with Crippen LogP contribution in [0.25, 0.3) is 0 Å². The van der Waals surface area contributed by atoms with Crippen LogP contribution in [0.3, 0.4) is 0 Å². The molecule has 1 rings (SSSR count). The van der Waals surface area contributed by atoms with Crippen LogP contribution >= 0.6 is 0 Å².